The lowest BCUT2D eigenvalue weighted by Gasteiger charge is -2.14. The summed E-state index contributed by atoms with van der Waals surface area (Å²) in [4.78, 5) is 13.0. The second-order valence-electron chi connectivity index (χ2n) is 3.14. The van der Waals surface area contributed by atoms with Crippen molar-refractivity contribution in [2.24, 2.45) is 0 Å². The van der Waals surface area contributed by atoms with Gasteiger partial charge in [0.15, 0.2) is 0 Å². The van der Waals surface area contributed by atoms with Gasteiger partial charge in [0.05, 0.1) is 6.54 Å². The number of amides is 1. The van der Waals surface area contributed by atoms with Gasteiger partial charge in [0.25, 0.3) is 0 Å². The van der Waals surface area contributed by atoms with Crippen LogP contribution in [-0.2, 0) is 9.53 Å². The van der Waals surface area contributed by atoms with E-state index in [2.05, 4.69) is 5.32 Å². The van der Waals surface area contributed by atoms with Crippen LogP contribution >= 0.6 is 0 Å². The summed E-state index contributed by atoms with van der Waals surface area (Å²) in [6, 6.07) is 0. The molecule has 1 amide bonds. The van der Waals surface area contributed by atoms with Crippen molar-refractivity contribution in [1.29, 1.82) is 0 Å². The Labute approximate surface area is 86.6 Å². The zero-order valence-electron chi connectivity index (χ0n) is 9.51. The third kappa shape index (κ3) is 6.86. The van der Waals surface area contributed by atoms with Crippen molar-refractivity contribution in [1.82, 2.24) is 10.2 Å². The molecule has 0 bridgehead atoms. The summed E-state index contributed by atoms with van der Waals surface area (Å²) >= 11 is 0. The number of rotatable bonds is 8. The Morgan fingerprint density at radius 3 is 2.71 bits per heavy atom. The first kappa shape index (κ1) is 13.4. The van der Waals surface area contributed by atoms with Gasteiger partial charge in [-0.2, -0.15) is 0 Å². The van der Waals surface area contributed by atoms with Crippen molar-refractivity contribution in [2.45, 2.75) is 20.3 Å². The maximum Gasteiger partial charge on any atom is 0.236 e. The van der Waals surface area contributed by atoms with Gasteiger partial charge in [-0.15, -0.1) is 0 Å². The molecule has 0 radical (unpaired) electrons. The Hall–Kier alpha value is -0.610. The Morgan fingerprint density at radius 1 is 1.43 bits per heavy atom. The van der Waals surface area contributed by atoms with E-state index in [-0.39, 0.29) is 5.91 Å². The van der Waals surface area contributed by atoms with E-state index in [0.29, 0.717) is 6.54 Å². The second kappa shape index (κ2) is 8.97. The van der Waals surface area contributed by atoms with Crippen molar-refractivity contribution >= 4 is 5.91 Å². The highest BCUT2D eigenvalue weighted by molar-refractivity contribution is 5.77. The number of nitrogens with one attached hydrogen (secondary N) is 1. The first-order valence-electron chi connectivity index (χ1n) is 5.24. The molecule has 0 spiro atoms. The lowest BCUT2D eigenvalue weighted by Crippen LogP contribution is -2.35. The molecule has 0 aromatic rings. The number of nitrogens with zero attached hydrogens (tertiary/aromatic N) is 1. The van der Waals surface area contributed by atoms with E-state index in [0.717, 1.165) is 32.7 Å². The van der Waals surface area contributed by atoms with Crippen LogP contribution < -0.4 is 5.32 Å². The maximum absolute atomic E-state index is 11.3. The fourth-order valence-corrected chi connectivity index (χ4v) is 0.950. The molecule has 84 valence electrons. The van der Waals surface area contributed by atoms with E-state index < -0.39 is 0 Å². The Bertz CT molecular complexity index is 151. The number of hydrogen-bond acceptors (Lipinski definition) is 3. The van der Waals surface area contributed by atoms with E-state index in [9.17, 15) is 4.79 Å². The second-order valence-corrected chi connectivity index (χ2v) is 3.14. The summed E-state index contributed by atoms with van der Waals surface area (Å²) in [5, 5.41) is 3.09. The molecule has 0 unspecified atom stereocenters. The van der Waals surface area contributed by atoms with Crippen LogP contribution in [0.25, 0.3) is 0 Å². The summed E-state index contributed by atoms with van der Waals surface area (Å²) in [7, 11) is 1.81. The summed E-state index contributed by atoms with van der Waals surface area (Å²) in [5.74, 6) is 0.143. The molecule has 1 N–H and O–H groups in total. The number of carbonyl (C=O) groups is 1. The van der Waals surface area contributed by atoms with E-state index in [1.807, 2.05) is 20.9 Å². The minimum absolute atomic E-state index is 0.143. The molecule has 4 heteroatoms. The van der Waals surface area contributed by atoms with Crippen LogP contribution in [0.1, 0.15) is 20.3 Å². The molecule has 0 aliphatic carbocycles. The van der Waals surface area contributed by atoms with Crippen molar-refractivity contribution < 1.29 is 9.53 Å². The molecule has 0 aliphatic rings. The smallest absolute Gasteiger partial charge is 0.236 e. The lowest BCUT2D eigenvalue weighted by atomic mass is 10.4. The van der Waals surface area contributed by atoms with Gasteiger partial charge >= 0.3 is 0 Å². The molecule has 0 aromatic carbocycles. The van der Waals surface area contributed by atoms with Gasteiger partial charge in [0, 0.05) is 26.8 Å². The number of likely N-dealkylation sites (N-methyl/N-ethyl adjacent to an activating group) is 1. The predicted molar refractivity (Wildman–Crippen MR) is 57.3 cm³/mol. The zero-order chi connectivity index (χ0) is 10.8. The predicted octanol–water partition coefficient (Wildman–Crippen LogP) is 0.481. The summed E-state index contributed by atoms with van der Waals surface area (Å²) in [5.41, 5.74) is 0. The number of ether oxygens (including phenoxy) is 1. The van der Waals surface area contributed by atoms with Crippen molar-refractivity contribution in [3.05, 3.63) is 0 Å². The molecule has 4 nitrogen and oxygen atoms in total. The number of carbonyl (C=O) groups excluding carboxylic acids is 1. The molecule has 14 heavy (non-hydrogen) atoms. The highest BCUT2D eigenvalue weighted by atomic mass is 16.5. The molecule has 0 saturated heterocycles. The Balaban J connectivity index is 3.23. The molecular weight excluding hydrogens is 180 g/mol. The SMILES string of the molecule is CCOCCCNCC(=O)N(C)CC. The molecule has 0 saturated carbocycles. The molecule has 0 fully saturated rings. The van der Waals surface area contributed by atoms with E-state index >= 15 is 0 Å². The summed E-state index contributed by atoms with van der Waals surface area (Å²) < 4.78 is 5.17. The van der Waals surface area contributed by atoms with E-state index in [4.69, 9.17) is 4.74 Å². The largest absolute Gasteiger partial charge is 0.382 e. The van der Waals surface area contributed by atoms with E-state index in [1.54, 1.807) is 4.90 Å². The molecular formula is C10H22N2O2. The summed E-state index contributed by atoms with van der Waals surface area (Å²) in [6.45, 7) is 7.50. The number of hydrogen-bond donors (Lipinski definition) is 1. The monoisotopic (exact) mass is 202 g/mol. The fourth-order valence-electron chi connectivity index (χ4n) is 0.950. The van der Waals surface area contributed by atoms with Crippen LogP contribution in [0.2, 0.25) is 0 Å². The minimum Gasteiger partial charge on any atom is -0.382 e. The van der Waals surface area contributed by atoms with Crippen LogP contribution in [0.15, 0.2) is 0 Å². The van der Waals surface area contributed by atoms with Crippen LogP contribution in [0.4, 0.5) is 0 Å². The highest BCUT2D eigenvalue weighted by Gasteiger charge is 2.04. The van der Waals surface area contributed by atoms with Gasteiger partial charge in [-0.05, 0) is 26.8 Å². The van der Waals surface area contributed by atoms with Crippen LogP contribution in [0.5, 0.6) is 0 Å². The molecule has 0 aliphatic heterocycles. The molecule has 0 heterocycles. The summed E-state index contributed by atoms with van der Waals surface area (Å²) in [6.07, 6.45) is 0.955. The third-order valence-corrected chi connectivity index (χ3v) is 2.02. The van der Waals surface area contributed by atoms with Crippen LogP contribution in [-0.4, -0.2) is 50.7 Å². The third-order valence-electron chi connectivity index (χ3n) is 2.02. The van der Waals surface area contributed by atoms with Gasteiger partial charge < -0.3 is 15.0 Å². The van der Waals surface area contributed by atoms with Gasteiger partial charge in [-0.1, -0.05) is 0 Å². The lowest BCUT2D eigenvalue weighted by molar-refractivity contribution is -0.128. The first-order valence-corrected chi connectivity index (χ1v) is 5.24. The van der Waals surface area contributed by atoms with Gasteiger partial charge in [0.2, 0.25) is 5.91 Å². The normalized spacial score (nSPS) is 10.2. The Morgan fingerprint density at radius 2 is 2.14 bits per heavy atom. The minimum atomic E-state index is 0.143. The van der Waals surface area contributed by atoms with Crippen molar-refractivity contribution in [3.63, 3.8) is 0 Å². The molecule has 0 rings (SSSR count). The van der Waals surface area contributed by atoms with Crippen LogP contribution in [0, 0.1) is 0 Å². The average molecular weight is 202 g/mol. The van der Waals surface area contributed by atoms with Gasteiger partial charge in [-0.3, -0.25) is 4.79 Å². The molecule has 0 aromatic heterocycles. The van der Waals surface area contributed by atoms with E-state index in [1.165, 1.54) is 0 Å². The quantitative estimate of drug-likeness (QED) is 0.582. The standard InChI is InChI=1S/C10H22N2O2/c1-4-12(3)10(13)9-11-7-6-8-14-5-2/h11H,4-9H2,1-3H3. The maximum atomic E-state index is 11.3. The van der Waals surface area contributed by atoms with Gasteiger partial charge in [0.1, 0.15) is 0 Å². The zero-order valence-corrected chi connectivity index (χ0v) is 9.51. The Kier molecular flexibility index (Phi) is 8.57. The highest BCUT2D eigenvalue weighted by Crippen LogP contribution is 1.83. The average Bonchev–Trinajstić information content (AvgIpc) is 2.21. The van der Waals surface area contributed by atoms with Crippen LogP contribution in [0.3, 0.4) is 0 Å². The fraction of sp³-hybridized carbons (Fsp3) is 0.900. The molecule has 0 atom stereocenters. The first-order chi connectivity index (χ1) is 6.72. The van der Waals surface area contributed by atoms with Crippen molar-refractivity contribution in [3.8, 4) is 0 Å². The topological polar surface area (TPSA) is 41.6 Å². The van der Waals surface area contributed by atoms with Crippen molar-refractivity contribution in [2.75, 3.05) is 39.9 Å². The van der Waals surface area contributed by atoms with Gasteiger partial charge in [-0.25, -0.2) is 0 Å².